The molecule has 1 saturated heterocycles. The van der Waals surface area contributed by atoms with Gasteiger partial charge < -0.3 is 10.0 Å². The van der Waals surface area contributed by atoms with E-state index >= 15 is 0 Å². The summed E-state index contributed by atoms with van der Waals surface area (Å²) in [6.45, 7) is 3.35. The Morgan fingerprint density at radius 1 is 1.73 bits per heavy atom. The third kappa shape index (κ3) is 1.91. The molecule has 0 aliphatic carbocycles. The number of hydrogen-bond acceptors (Lipinski definition) is 2. The van der Waals surface area contributed by atoms with Crippen LogP contribution in [0.4, 0.5) is 0 Å². The number of thiocarbonyl (C=S) groups is 1. The second-order valence-electron chi connectivity index (χ2n) is 2.92. The van der Waals surface area contributed by atoms with Crippen molar-refractivity contribution >= 4 is 17.2 Å². The van der Waals surface area contributed by atoms with Crippen LogP contribution in [0.2, 0.25) is 0 Å². The summed E-state index contributed by atoms with van der Waals surface area (Å²) >= 11 is 5.17. The van der Waals surface area contributed by atoms with Crippen molar-refractivity contribution in [2.75, 3.05) is 13.2 Å². The van der Waals surface area contributed by atoms with Gasteiger partial charge in [0.05, 0.1) is 17.6 Å². The van der Waals surface area contributed by atoms with Gasteiger partial charge >= 0.3 is 0 Å². The van der Waals surface area contributed by atoms with Gasteiger partial charge in [0.2, 0.25) is 0 Å². The average Bonchev–Trinajstić information content (AvgIpc) is 2.50. The lowest BCUT2D eigenvalue weighted by molar-refractivity contribution is 0.209. The highest BCUT2D eigenvalue weighted by Crippen LogP contribution is 2.17. The maximum absolute atomic E-state index is 8.98. The normalized spacial score (nSPS) is 24.2. The molecule has 0 bridgehead atoms. The molecule has 1 atom stereocenters. The molecule has 0 saturated carbocycles. The summed E-state index contributed by atoms with van der Waals surface area (Å²) in [4.78, 5) is 3.16. The van der Waals surface area contributed by atoms with E-state index in [1.165, 1.54) is 6.42 Å². The Kier molecular flexibility index (Phi) is 3.27. The summed E-state index contributed by atoms with van der Waals surface area (Å²) in [5.41, 5.74) is 0. The maximum atomic E-state index is 8.98. The zero-order valence-electron chi connectivity index (χ0n) is 6.92. The van der Waals surface area contributed by atoms with Crippen molar-refractivity contribution < 1.29 is 5.11 Å². The van der Waals surface area contributed by atoms with E-state index in [0.717, 1.165) is 24.4 Å². The lowest BCUT2D eigenvalue weighted by atomic mass is 10.2. The molecule has 2 nitrogen and oxygen atoms in total. The molecule has 1 N–H and O–H groups in total. The highest BCUT2D eigenvalue weighted by atomic mass is 32.1. The van der Waals surface area contributed by atoms with Crippen LogP contribution in [0.25, 0.3) is 0 Å². The van der Waals surface area contributed by atoms with Crippen molar-refractivity contribution in [2.45, 2.75) is 32.2 Å². The lowest BCUT2D eigenvalue weighted by Crippen LogP contribution is -2.36. The van der Waals surface area contributed by atoms with Gasteiger partial charge in [-0.25, -0.2) is 0 Å². The van der Waals surface area contributed by atoms with E-state index in [1.807, 2.05) is 0 Å². The van der Waals surface area contributed by atoms with Crippen LogP contribution in [-0.2, 0) is 0 Å². The van der Waals surface area contributed by atoms with Crippen LogP contribution in [0.1, 0.15) is 26.2 Å². The molecule has 1 aliphatic rings. The number of aliphatic hydroxyl groups is 1. The molecule has 1 unspecified atom stereocenters. The number of hydrogen-bond donors (Lipinski definition) is 1. The average molecular weight is 173 g/mol. The molecule has 1 heterocycles. The largest absolute Gasteiger partial charge is 0.394 e. The van der Waals surface area contributed by atoms with Gasteiger partial charge in [0, 0.05) is 6.54 Å². The van der Waals surface area contributed by atoms with Gasteiger partial charge in [-0.2, -0.15) is 0 Å². The van der Waals surface area contributed by atoms with Gasteiger partial charge in [0.25, 0.3) is 0 Å². The summed E-state index contributed by atoms with van der Waals surface area (Å²) in [7, 11) is 0. The van der Waals surface area contributed by atoms with E-state index < -0.39 is 0 Å². The molecule has 1 fully saturated rings. The van der Waals surface area contributed by atoms with Crippen LogP contribution >= 0.6 is 12.2 Å². The van der Waals surface area contributed by atoms with Gasteiger partial charge in [-0.3, -0.25) is 0 Å². The Bertz CT molecular complexity index is 149. The SMILES string of the molecule is CCC(=S)N1CCCC1CO. The van der Waals surface area contributed by atoms with Crippen molar-refractivity contribution in [3.05, 3.63) is 0 Å². The van der Waals surface area contributed by atoms with Gasteiger partial charge in [-0.15, -0.1) is 0 Å². The van der Waals surface area contributed by atoms with E-state index in [9.17, 15) is 0 Å². The predicted octanol–water partition coefficient (Wildman–Crippen LogP) is 1.18. The minimum Gasteiger partial charge on any atom is -0.394 e. The fourth-order valence-corrected chi connectivity index (χ4v) is 1.80. The fourth-order valence-electron chi connectivity index (χ4n) is 1.56. The third-order valence-electron chi connectivity index (χ3n) is 2.21. The first-order valence-electron chi connectivity index (χ1n) is 4.20. The Hall–Kier alpha value is -0.150. The van der Waals surface area contributed by atoms with Gasteiger partial charge in [0.1, 0.15) is 0 Å². The van der Waals surface area contributed by atoms with Crippen molar-refractivity contribution in [3.63, 3.8) is 0 Å². The van der Waals surface area contributed by atoms with Crippen molar-refractivity contribution in [1.82, 2.24) is 4.90 Å². The molecule has 0 radical (unpaired) electrons. The standard InChI is InChI=1S/C8H15NOS/c1-2-8(11)9-5-3-4-7(9)6-10/h7,10H,2-6H2,1H3. The number of aliphatic hydroxyl groups excluding tert-OH is 1. The Morgan fingerprint density at radius 3 is 3.00 bits per heavy atom. The first kappa shape index (κ1) is 8.94. The zero-order valence-corrected chi connectivity index (χ0v) is 7.73. The minimum absolute atomic E-state index is 0.250. The van der Waals surface area contributed by atoms with Crippen LogP contribution < -0.4 is 0 Å². The van der Waals surface area contributed by atoms with Crippen molar-refractivity contribution in [2.24, 2.45) is 0 Å². The molecule has 11 heavy (non-hydrogen) atoms. The summed E-state index contributed by atoms with van der Waals surface area (Å²) in [6.07, 6.45) is 3.19. The lowest BCUT2D eigenvalue weighted by Gasteiger charge is -2.24. The number of nitrogens with zero attached hydrogens (tertiary/aromatic N) is 1. The molecular formula is C8H15NOS. The van der Waals surface area contributed by atoms with Crippen LogP contribution in [0, 0.1) is 0 Å². The quantitative estimate of drug-likeness (QED) is 0.634. The van der Waals surface area contributed by atoms with E-state index in [1.54, 1.807) is 0 Å². The number of rotatable bonds is 2. The van der Waals surface area contributed by atoms with Crippen molar-refractivity contribution in [1.29, 1.82) is 0 Å². The topological polar surface area (TPSA) is 23.5 Å². The molecule has 0 amide bonds. The molecule has 0 aromatic carbocycles. The first-order valence-corrected chi connectivity index (χ1v) is 4.60. The van der Waals surface area contributed by atoms with Gasteiger partial charge in [-0.1, -0.05) is 19.1 Å². The van der Waals surface area contributed by atoms with Crippen LogP contribution in [-0.4, -0.2) is 34.2 Å². The number of likely N-dealkylation sites (tertiary alicyclic amines) is 1. The molecule has 1 aliphatic heterocycles. The monoisotopic (exact) mass is 173 g/mol. The molecule has 0 aromatic rings. The second kappa shape index (κ2) is 4.02. The first-order chi connectivity index (χ1) is 5.29. The summed E-state index contributed by atoms with van der Waals surface area (Å²) in [6, 6.07) is 0.308. The predicted molar refractivity (Wildman–Crippen MR) is 49.7 cm³/mol. The molecule has 64 valence electrons. The summed E-state index contributed by atoms with van der Waals surface area (Å²) in [5, 5.41) is 8.98. The minimum atomic E-state index is 0.250. The Morgan fingerprint density at radius 2 is 2.45 bits per heavy atom. The Balaban J connectivity index is 2.49. The van der Waals surface area contributed by atoms with E-state index in [4.69, 9.17) is 17.3 Å². The summed E-state index contributed by atoms with van der Waals surface area (Å²) in [5.74, 6) is 0. The van der Waals surface area contributed by atoms with E-state index in [2.05, 4.69) is 11.8 Å². The van der Waals surface area contributed by atoms with Crippen LogP contribution in [0.15, 0.2) is 0 Å². The maximum Gasteiger partial charge on any atom is 0.0779 e. The second-order valence-corrected chi connectivity index (χ2v) is 3.39. The van der Waals surface area contributed by atoms with Gasteiger partial charge in [-0.05, 0) is 19.3 Å². The summed E-state index contributed by atoms with van der Waals surface area (Å²) < 4.78 is 0. The van der Waals surface area contributed by atoms with Crippen molar-refractivity contribution in [3.8, 4) is 0 Å². The fraction of sp³-hybridized carbons (Fsp3) is 0.875. The van der Waals surface area contributed by atoms with E-state index in [-0.39, 0.29) is 6.61 Å². The smallest absolute Gasteiger partial charge is 0.0779 e. The molecule has 0 aromatic heterocycles. The van der Waals surface area contributed by atoms with Crippen LogP contribution in [0.3, 0.4) is 0 Å². The highest BCUT2D eigenvalue weighted by molar-refractivity contribution is 7.80. The third-order valence-corrected chi connectivity index (χ3v) is 2.73. The molecular weight excluding hydrogens is 158 g/mol. The van der Waals surface area contributed by atoms with Gasteiger partial charge in [0.15, 0.2) is 0 Å². The molecule has 1 rings (SSSR count). The highest BCUT2D eigenvalue weighted by Gasteiger charge is 2.24. The zero-order chi connectivity index (χ0) is 8.27. The van der Waals surface area contributed by atoms with Crippen LogP contribution in [0.5, 0.6) is 0 Å². The molecule has 3 heteroatoms. The van der Waals surface area contributed by atoms with E-state index in [0.29, 0.717) is 6.04 Å². The molecule has 0 spiro atoms. The Labute approximate surface area is 73.2 Å².